The molecular weight excluding hydrogens is 668 g/mol. The largest absolute Gasteiger partial charge is 0.478 e. The van der Waals surface area contributed by atoms with Crippen LogP contribution in [-0.4, -0.2) is 43.0 Å². The molecule has 0 spiro atoms. The molecule has 46 heavy (non-hydrogen) atoms. The van der Waals surface area contributed by atoms with Crippen molar-refractivity contribution in [1.82, 2.24) is 0 Å². The minimum absolute atomic E-state index is 0.144. The van der Waals surface area contributed by atoms with E-state index in [-0.39, 0.29) is 11.5 Å². The van der Waals surface area contributed by atoms with Gasteiger partial charge in [-0.1, -0.05) is 0 Å². The summed E-state index contributed by atoms with van der Waals surface area (Å²) in [7, 11) is -10.6. The predicted molar refractivity (Wildman–Crippen MR) is 146 cm³/mol. The maximum absolute atomic E-state index is 14.2. The molecule has 3 aromatic rings. The molecule has 0 saturated heterocycles. The molecule has 1 heterocycles. The minimum atomic E-state index is -5.33. The van der Waals surface area contributed by atoms with E-state index in [4.69, 9.17) is 15.6 Å². The van der Waals surface area contributed by atoms with Gasteiger partial charge in [0, 0.05) is 22.6 Å². The third-order valence-corrected chi connectivity index (χ3v) is 8.39. The van der Waals surface area contributed by atoms with Crippen molar-refractivity contribution in [3.8, 4) is 28.2 Å². The van der Waals surface area contributed by atoms with Crippen molar-refractivity contribution in [1.29, 1.82) is 5.41 Å². The van der Waals surface area contributed by atoms with Crippen LogP contribution in [0.15, 0.2) is 62.7 Å². The van der Waals surface area contributed by atoms with Crippen LogP contribution in [0.4, 0.5) is 23.2 Å². The summed E-state index contributed by atoms with van der Waals surface area (Å²) in [6, 6.07) is 6.03. The van der Waals surface area contributed by atoms with Gasteiger partial charge in [-0.15, -0.1) is 0 Å². The van der Waals surface area contributed by atoms with Gasteiger partial charge in [0.15, 0.2) is 32.8 Å². The Morgan fingerprint density at radius 1 is 0.826 bits per heavy atom. The molecule has 5 rings (SSSR count). The Morgan fingerprint density at radius 3 is 2.00 bits per heavy atom. The highest BCUT2D eigenvalue weighted by molar-refractivity contribution is 7.86. The Labute approximate surface area is 253 Å². The molecule has 1 aliphatic heterocycles. The second-order valence-corrected chi connectivity index (χ2v) is 12.1. The fraction of sp³-hybridized carbons (Fsp3) is 0. The molecule has 0 fully saturated rings. The fourth-order valence-electron chi connectivity index (χ4n) is 4.65. The average Bonchev–Trinajstić information content (AvgIpc) is 2.95. The molecule has 0 saturated carbocycles. The van der Waals surface area contributed by atoms with Crippen LogP contribution in [0.1, 0.15) is 20.7 Å². The Bertz CT molecular complexity index is 2400. The van der Waals surface area contributed by atoms with Gasteiger partial charge in [0.1, 0.15) is 0 Å². The lowest BCUT2D eigenvalue weighted by molar-refractivity contribution is 0.0690. The smallest absolute Gasteiger partial charge is 0.343 e. The van der Waals surface area contributed by atoms with Crippen LogP contribution < -0.4 is 15.8 Å². The van der Waals surface area contributed by atoms with Crippen molar-refractivity contribution in [2.45, 2.75) is 9.79 Å². The van der Waals surface area contributed by atoms with Gasteiger partial charge in [-0.2, -0.15) is 25.6 Å². The lowest BCUT2D eigenvalue weighted by Crippen LogP contribution is -2.17. The van der Waals surface area contributed by atoms with Gasteiger partial charge in [-0.3, -0.25) is 14.5 Å². The van der Waals surface area contributed by atoms with E-state index in [2.05, 4.69) is 4.74 Å². The Morgan fingerprint density at radius 2 is 1.43 bits per heavy atom. The number of benzene rings is 4. The summed E-state index contributed by atoms with van der Waals surface area (Å²) in [5.74, 6) is -14.0. The number of hydrogen-bond acceptors (Lipinski definition) is 10. The predicted octanol–water partition coefficient (Wildman–Crippen LogP) is 4.23. The highest BCUT2D eigenvalue weighted by Crippen LogP contribution is 2.46. The number of carboxylic acid groups (broad SMARTS) is 1. The number of hydrogen-bond donors (Lipinski definition) is 5. The Balaban J connectivity index is 1.91. The zero-order valence-electron chi connectivity index (χ0n) is 22.1. The van der Waals surface area contributed by atoms with E-state index in [9.17, 15) is 58.2 Å². The van der Waals surface area contributed by atoms with Crippen molar-refractivity contribution in [2.75, 3.05) is 5.73 Å². The van der Waals surface area contributed by atoms with Crippen LogP contribution in [0.5, 0.6) is 5.75 Å². The number of nitrogens with one attached hydrogen (secondary N) is 1. The molecule has 238 valence electrons. The number of aromatic carboxylic acids is 1. The normalized spacial score (nSPS) is 12.0. The number of rotatable bonds is 6. The molecule has 0 unspecified atom stereocenters. The first kappa shape index (κ1) is 32.0. The third kappa shape index (κ3) is 5.30. The van der Waals surface area contributed by atoms with Crippen LogP contribution in [0.25, 0.3) is 33.4 Å². The second kappa shape index (κ2) is 10.9. The number of nitrogens with two attached hydrogens (primary N) is 1. The molecule has 19 heteroatoms. The van der Waals surface area contributed by atoms with Crippen molar-refractivity contribution in [2.24, 2.45) is 0 Å². The van der Waals surface area contributed by atoms with Gasteiger partial charge in [0.25, 0.3) is 20.2 Å². The van der Waals surface area contributed by atoms with Crippen LogP contribution in [0.3, 0.4) is 0 Å². The molecule has 1 aliphatic carbocycles. The van der Waals surface area contributed by atoms with E-state index in [1.54, 1.807) is 0 Å². The summed E-state index contributed by atoms with van der Waals surface area (Å²) >= 11 is 0. The van der Waals surface area contributed by atoms with Gasteiger partial charge in [0.2, 0.25) is 17.4 Å². The molecule has 0 bridgehead atoms. The van der Waals surface area contributed by atoms with Crippen molar-refractivity contribution >= 4 is 48.8 Å². The third-order valence-electron chi connectivity index (χ3n) is 6.53. The van der Waals surface area contributed by atoms with E-state index >= 15 is 0 Å². The quantitative estimate of drug-likeness (QED) is 0.0322. The zero-order valence-corrected chi connectivity index (χ0v) is 23.8. The van der Waals surface area contributed by atoms with Crippen LogP contribution in [0.2, 0.25) is 0 Å². The molecule has 0 aromatic heterocycles. The number of ether oxygens (including phenoxy) is 1. The van der Waals surface area contributed by atoms with E-state index in [0.717, 1.165) is 42.5 Å². The Hall–Kier alpha value is -5.37. The minimum Gasteiger partial charge on any atom is -0.478 e. The van der Waals surface area contributed by atoms with E-state index in [1.165, 1.54) is 0 Å². The number of anilines is 1. The average molecular weight is 683 g/mol. The number of carbonyl (C=O) groups excluding carboxylic acids is 1. The van der Waals surface area contributed by atoms with Gasteiger partial charge in [0.05, 0.1) is 22.2 Å². The highest BCUT2D eigenvalue weighted by Gasteiger charge is 2.32. The molecule has 6 N–H and O–H groups in total. The number of esters is 1. The van der Waals surface area contributed by atoms with Gasteiger partial charge >= 0.3 is 11.9 Å². The maximum Gasteiger partial charge on any atom is 0.343 e. The number of halogens is 4. The Kier molecular flexibility index (Phi) is 7.60. The van der Waals surface area contributed by atoms with Crippen molar-refractivity contribution in [3.05, 3.63) is 88.3 Å². The number of fused-ring (bicyclic) bond motifs is 2. The van der Waals surface area contributed by atoms with Crippen LogP contribution in [0, 0.1) is 28.7 Å². The number of carbonyl (C=O) groups is 2. The molecule has 2 aliphatic rings. The molecule has 0 atom stereocenters. The van der Waals surface area contributed by atoms with Gasteiger partial charge in [-0.25, -0.2) is 18.4 Å². The van der Waals surface area contributed by atoms with Crippen molar-refractivity contribution in [3.63, 3.8) is 0 Å². The summed E-state index contributed by atoms with van der Waals surface area (Å²) < 4.78 is 135. The summed E-state index contributed by atoms with van der Waals surface area (Å²) in [6.45, 7) is 0. The molecular formula is C27H14F4N2O11S2. The second-order valence-electron chi connectivity index (χ2n) is 9.36. The topological polar surface area (TPSA) is 235 Å². The number of nitrogen functional groups attached to an aromatic ring is 1. The summed E-state index contributed by atoms with van der Waals surface area (Å²) in [6.07, 6.45) is 0. The lowest BCUT2D eigenvalue weighted by atomic mass is 9.89. The molecule has 0 radical (unpaired) electrons. The molecule has 0 amide bonds. The summed E-state index contributed by atoms with van der Waals surface area (Å²) in [4.78, 5) is 22.9. The monoisotopic (exact) mass is 682 g/mol. The standard InChI is InChI=1S/C27H14F4N2O11S2/c28-14-8-15(29)20(31)23(19(14)30)44-27(36)9-1-2-10(26(34)35)13(7-9)18-11-3-5-16(32)24(45(37,38)39)21(11)43-22-12(18)4-6-17(33)25(22)46(40,41)42/h1-8,32H,33H2,(H,34,35)(H,37,38,39)(H,40,41,42). The highest BCUT2D eigenvalue weighted by atomic mass is 32.2. The summed E-state index contributed by atoms with van der Waals surface area (Å²) in [5.41, 5.74) is 1.45. The SMILES string of the molecule is N=c1ccc2c(-c3cc(C(=O)Oc4c(F)c(F)cc(F)c4F)ccc3C(=O)O)c3ccc(N)c(S(=O)(=O)O)c3oc-2c1S(=O)(=O)O. The van der Waals surface area contributed by atoms with E-state index < -0.39 is 121 Å². The van der Waals surface area contributed by atoms with E-state index in [0.29, 0.717) is 0 Å². The lowest BCUT2D eigenvalue weighted by Gasteiger charge is -2.20. The summed E-state index contributed by atoms with van der Waals surface area (Å²) in [5, 5.41) is 16.7. The molecule has 3 aromatic carbocycles. The first-order valence-electron chi connectivity index (χ1n) is 12.1. The van der Waals surface area contributed by atoms with Gasteiger partial charge < -0.3 is 20.0 Å². The first-order valence-corrected chi connectivity index (χ1v) is 14.9. The maximum atomic E-state index is 14.2. The van der Waals surface area contributed by atoms with Crippen molar-refractivity contribution < 1.29 is 67.4 Å². The first-order chi connectivity index (χ1) is 21.3. The van der Waals surface area contributed by atoms with Crippen LogP contribution in [-0.2, 0) is 20.2 Å². The van der Waals surface area contributed by atoms with Gasteiger partial charge in [-0.05, 0) is 48.0 Å². The molecule has 13 nitrogen and oxygen atoms in total. The van der Waals surface area contributed by atoms with E-state index in [1.807, 2.05) is 0 Å². The van der Waals surface area contributed by atoms with Crippen LogP contribution >= 0.6 is 0 Å². The zero-order chi connectivity index (χ0) is 34.0. The fourth-order valence-corrected chi connectivity index (χ4v) is 6.14. The number of carboxylic acids is 1.